The first-order chi connectivity index (χ1) is 9.62. The second-order valence-corrected chi connectivity index (χ2v) is 4.53. The van der Waals surface area contributed by atoms with Crippen LogP contribution >= 0.6 is 11.6 Å². The molecule has 2 aromatic carbocycles. The maximum atomic E-state index is 13.3. The van der Waals surface area contributed by atoms with Crippen LogP contribution in [0.4, 0.5) is 10.1 Å². The van der Waals surface area contributed by atoms with Gasteiger partial charge in [-0.3, -0.25) is 0 Å². The predicted molar refractivity (Wildman–Crippen MR) is 74.6 cm³/mol. The Kier molecular flexibility index (Phi) is 4.20. The Hall–Kier alpha value is -2.56. The van der Waals surface area contributed by atoms with Crippen LogP contribution in [-0.2, 0) is 6.54 Å². The molecule has 2 rings (SSSR count). The van der Waals surface area contributed by atoms with Crippen molar-refractivity contribution in [3.05, 3.63) is 63.9 Å². The van der Waals surface area contributed by atoms with Gasteiger partial charge in [-0.05, 0) is 42.0 Å². The highest BCUT2D eigenvalue weighted by atomic mass is 35.5. The topological polar surface area (TPSA) is 59.6 Å². The molecule has 0 saturated carbocycles. The van der Waals surface area contributed by atoms with Crippen LogP contribution in [0.1, 0.15) is 16.7 Å². The number of hydrogen-bond acceptors (Lipinski definition) is 3. The van der Waals surface area contributed by atoms with Gasteiger partial charge in [0.2, 0.25) is 0 Å². The molecular formula is C15H9ClFN3. The quantitative estimate of drug-likeness (QED) is 0.932. The second-order valence-electron chi connectivity index (χ2n) is 4.12. The normalized spacial score (nSPS) is 9.60. The molecule has 98 valence electrons. The molecule has 0 aliphatic heterocycles. The molecule has 0 unspecified atom stereocenters. The zero-order valence-electron chi connectivity index (χ0n) is 10.3. The zero-order chi connectivity index (χ0) is 14.5. The maximum Gasteiger partial charge on any atom is 0.124 e. The summed E-state index contributed by atoms with van der Waals surface area (Å²) in [6.07, 6.45) is 0. The van der Waals surface area contributed by atoms with E-state index in [0.717, 1.165) is 5.69 Å². The van der Waals surface area contributed by atoms with E-state index >= 15 is 0 Å². The van der Waals surface area contributed by atoms with E-state index in [2.05, 4.69) is 5.32 Å². The summed E-state index contributed by atoms with van der Waals surface area (Å²) in [5.41, 5.74) is 2.05. The van der Waals surface area contributed by atoms with Crippen molar-refractivity contribution in [2.45, 2.75) is 6.54 Å². The van der Waals surface area contributed by atoms with Crippen LogP contribution in [0.5, 0.6) is 0 Å². The van der Waals surface area contributed by atoms with Crippen molar-refractivity contribution >= 4 is 17.3 Å². The Labute approximate surface area is 120 Å². The lowest BCUT2D eigenvalue weighted by Crippen LogP contribution is -2.00. The van der Waals surface area contributed by atoms with Crippen LogP contribution in [0.2, 0.25) is 5.02 Å². The maximum absolute atomic E-state index is 13.3. The van der Waals surface area contributed by atoms with Gasteiger partial charge in [0.05, 0.1) is 22.2 Å². The summed E-state index contributed by atoms with van der Waals surface area (Å²) in [6.45, 7) is 0.356. The van der Waals surface area contributed by atoms with Crippen molar-refractivity contribution in [3.8, 4) is 12.1 Å². The van der Waals surface area contributed by atoms with Gasteiger partial charge in [0, 0.05) is 12.2 Å². The molecule has 3 nitrogen and oxygen atoms in total. The predicted octanol–water partition coefficient (Wildman–Crippen LogP) is 3.83. The lowest BCUT2D eigenvalue weighted by Gasteiger charge is -2.08. The fourth-order valence-electron chi connectivity index (χ4n) is 1.74. The molecule has 0 aliphatic carbocycles. The average molecular weight is 286 g/mol. The average Bonchev–Trinajstić information content (AvgIpc) is 2.44. The SMILES string of the molecule is N#Cc1cc(F)cc(CNc2ccc(C#N)c(Cl)c2)c1. The third-order valence-corrected chi connectivity index (χ3v) is 2.99. The van der Waals surface area contributed by atoms with Gasteiger partial charge in [0.25, 0.3) is 0 Å². The molecule has 5 heteroatoms. The molecule has 0 atom stereocenters. The van der Waals surface area contributed by atoms with Gasteiger partial charge in [-0.25, -0.2) is 4.39 Å². The Bertz CT molecular complexity index is 729. The standard InChI is InChI=1S/C15H9ClFN3/c16-15-6-14(2-1-12(15)8-19)20-9-11-3-10(7-18)4-13(17)5-11/h1-6,20H,9H2. The highest BCUT2D eigenvalue weighted by Crippen LogP contribution is 2.21. The van der Waals surface area contributed by atoms with Gasteiger partial charge < -0.3 is 5.32 Å². The molecule has 0 fully saturated rings. The lowest BCUT2D eigenvalue weighted by molar-refractivity contribution is 0.625. The van der Waals surface area contributed by atoms with Crippen molar-refractivity contribution in [2.24, 2.45) is 0 Å². The van der Waals surface area contributed by atoms with E-state index in [-0.39, 0.29) is 5.56 Å². The van der Waals surface area contributed by atoms with Gasteiger partial charge in [-0.1, -0.05) is 11.6 Å². The number of benzene rings is 2. The smallest absolute Gasteiger partial charge is 0.124 e. The van der Waals surface area contributed by atoms with Crippen molar-refractivity contribution in [1.29, 1.82) is 10.5 Å². The summed E-state index contributed by atoms with van der Waals surface area (Å²) in [4.78, 5) is 0. The molecule has 0 spiro atoms. The number of anilines is 1. The molecule has 20 heavy (non-hydrogen) atoms. The lowest BCUT2D eigenvalue weighted by atomic mass is 10.1. The van der Waals surface area contributed by atoms with E-state index in [4.69, 9.17) is 22.1 Å². The van der Waals surface area contributed by atoms with Crippen LogP contribution in [0.25, 0.3) is 0 Å². The number of nitrogens with zero attached hydrogens (tertiary/aromatic N) is 2. The molecule has 0 radical (unpaired) electrons. The minimum atomic E-state index is -0.446. The van der Waals surface area contributed by atoms with Crippen LogP contribution < -0.4 is 5.32 Å². The number of halogens is 2. The highest BCUT2D eigenvalue weighted by molar-refractivity contribution is 6.32. The van der Waals surface area contributed by atoms with E-state index in [0.29, 0.717) is 22.7 Å². The number of nitriles is 2. The molecule has 0 bridgehead atoms. The third kappa shape index (κ3) is 3.26. The van der Waals surface area contributed by atoms with Gasteiger partial charge in [-0.15, -0.1) is 0 Å². The van der Waals surface area contributed by atoms with E-state index in [1.54, 1.807) is 24.3 Å². The summed E-state index contributed by atoms with van der Waals surface area (Å²) >= 11 is 5.92. The fraction of sp³-hybridized carbons (Fsp3) is 0.0667. The number of rotatable bonds is 3. The minimum absolute atomic E-state index is 0.277. The van der Waals surface area contributed by atoms with Gasteiger partial charge >= 0.3 is 0 Å². The fourth-order valence-corrected chi connectivity index (χ4v) is 1.96. The summed E-state index contributed by atoms with van der Waals surface area (Å²) < 4.78 is 13.3. The van der Waals surface area contributed by atoms with Crippen molar-refractivity contribution in [2.75, 3.05) is 5.32 Å². The third-order valence-electron chi connectivity index (χ3n) is 2.67. The summed E-state index contributed by atoms with van der Waals surface area (Å²) in [5.74, 6) is -0.446. The van der Waals surface area contributed by atoms with Crippen molar-refractivity contribution in [1.82, 2.24) is 0 Å². The van der Waals surface area contributed by atoms with Gasteiger partial charge in [0.15, 0.2) is 0 Å². The largest absolute Gasteiger partial charge is 0.381 e. The molecule has 0 amide bonds. The van der Waals surface area contributed by atoms with E-state index in [1.165, 1.54) is 12.1 Å². The zero-order valence-corrected chi connectivity index (χ0v) is 11.1. The Morgan fingerprint density at radius 2 is 1.90 bits per heavy atom. The van der Waals surface area contributed by atoms with Gasteiger partial charge in [0.1, 0.15) is 11.9 Å². The first-order valence-electron chi connectivity index (χ1n) is 5.75. The molecule has 0 aliphatic rings. The molecule has 0 heterocycles. The van der Waals surface area contributed by atoms with Crippen molar-refractivity contribution < 1.29 is 4.39 Å². The minimum Gasteiger partial charge on any atom is -0.381 e. The monoisotopic (exact) mass is 285 g/mol. The molecule has 2 aromatic rings. The number of nitrogens with one attached hydrogen (secondary N) is 1. The van der Waals surface area contributed by atoms with Crippen LogP contribution in [0.15, 0.2) is 36.4 Å². The molecule has 0 aromatic heterocycles. The first-order valence-corrected chi connectivity index (χ1v) is 6.13. The molecule has 1 N–H and O–H groups in total. The van der Waals surface area contributed by atoms with Crippen LogP contribution in [0.3, 0.4) is 0 Å². The van der Waals surface area contributed by atoms with E-state index in [9.17, 15) is 4.39 Å². The summed E-state index contributed by atoms with van der Waals surface area (Å²) in [7, 11) is 0. The highest BCUT2D eigenvalue weighted by Gasteiger charge is 2.03. The number of hydrogen-bond donors (Lipinski definition) is 1. The molecule has 0 saturated heterocycles. The Morgan fingerprint density at radius 1 is 1.10 bits per heavy atom. The van der Waals surface area contributed by atoms with Gasteiger partial charge in [-0.2, -0.15) is 10.5 Å². The summed E-state index contributed by atoms with van der Waals surface area (Å²) in [6, 6.07) is 13.0. The van der Waals surface area contributed by atoms with Crippen LogP contribution in [0, 0.1) is 28.5 Å². The Morgan fingerprint density at radius 3 is 2.55 bits per heavy atom. The van der Waals surface area contributed by atoms with E-state index < -0.39 is 5.82 Å². The van der Waals surface area contributed by atoms with E-state index in [1.807, 2.05) is 12.1 Å². The Balaban J connectivity index is 2.13. The van der Waals surface area contributed by atoms with Crippen molar-refractivity contribution in [3.63, 3.8) is 0 Å². The molecular weight excluding hydrogens is 277 g/mol. The summed E-state index contributed by atoms with van der Waals surface area (Å²) in [5, 5.41) is 21.0. The first kappa shape index (κ1) is 13.9. The second kappa shape index (κ2) is 6.06. The van der Waals surface area contributed by atoms with Crippen LogP contribution in [-0.4, -0.2) is 0 Å².